The van der Waals surface area contributed by atoms with Crippen LogP contribution >= 0.6 is 0 Å². The topological polar surface area (TPSA) is 127 Å². The molecule has 2 aromatic carbocycles. The fourth-order valence-electron chi connectivity index (χ4n) is 4.20. The second-order valence-corrected chi connectivity index (χ2v) is 8.13. The van der Waals surface area contributed by atoms with Crippen molar-refractivity contribution in [2.45, 2.75) is 38.0 Å². The van der Waals surface area contributed by atoms with Gasteiger partial charge in [0, 0.05) is 12.1 Å². The molecule has 9 heteroatoms. The van der Waals surface area contributed by atoms with E-state index in [4.69, 9.17) is 14.3 Å². The predicted molar refractivity (Wildman–Crippen MR) is 122 cm³/mol. The third-order valence-corrected chi connectivity index (χ3v) is 5.92. The summed E-state index contributed by atoms with van der Waals surface area (Å²) < 4.78 is 10.7. The second kappa shape index (κ2) is 10.2. The van der Waals surface area contributed by atoms with E-state index in [0.717, 1.165) is 25.7 Å². The molecule has 3 aromatic rings. The summed E-state index contributed by atoms with van der Waals surface area (Å²) in [6.45, 7) is 0. The van der Waals surface area contributed by atoms with Gasteiger partial charge in [-0.3, -0.25) is 9.59 Å². The number of carboxylic acid groups (broad SMARTS) is 1. The number of ether oxygens (including phenoxy) is 1. The van der Waals surface area contributed by atoms with Crippen molar-refractivity contribution in [1.29, 1.82) is 0 Å². The Morgan fingerprint density at radius 3 is 2.48 bits per heavy atom. The van der Waals surface area contributed by atoms with Crippen LogP contribution in [0.4, 0.5) is 17.4 Å². The van der Waals surface area contributed by atoms with Crippen LogP contribution in [0.3, 0.4) is 0 Å². The molecule has 0 aliphatic heterocycles. The van der Waals surface area contributed by atoms with Crippen LogP contribution in [-0.4, -0.2) is 34.3 Å². The highest BCUT2D eigenvalue weighted by atomic mass is 16.5. The number of hydrogen-bond acceptors (Lipinski definition) is 7. The summed E-state index contributed by atoms with van der Waals surface area (Å²) in [6.07, 6.45) is 4.07. The number of carbonyl (C=O) groups is 2. The Balaban J connectivity index is 1.32. The Morgan fingerprint density at radius 2 is 1.79 bits per heavy atom. The van der Waals surface area contributed by atoms with Gasteiger partial charge in [-0.05, 0) is 67.3 Å². The van der Waals surface area contributed by atoms with Gasteiger partial charge in [0.2, 0.25) is 0 Å². The maximum absolute atomic E-state index is 12.5. The first kappa shape index (κ1) is 22.3. The van der Waals surface area contributed by atoms with Gasteiger partial charge in [0.15, 0.2) is 0 Å². The molecule has 33 heavy (non-hydrogen) atoms. The number of aliphatic carboxylic acids is 1. The average molecular weight is 450 g/mol. The van der Waals surface area contributed by atoms with Gasteiger partial charge in [-0.1, -0.05) is 29.4 Å². The number of nitrogens with one attached hydrogen (secondary N) is 2. The van der Waals surface area contributed by atoms with Gasteiger partial charge in [0.05, 0.1) is 12.8 Å². The standard InChI is InChI=1S/C24H26N4O5/c1-32-20-5-3-2-4-19(20)26-24-28-27-23(33-24)22(31)25-18-12-10-17(11-13-18)16-8-6-15(7-9-16)14-21(29)30/h2-5,10-13,15-16H,6-9,14H2,1H3,(H,25,31)(H,26,28)(H,29,30)/t15-,16-. The van der Waals surface area contributed by atoms with Crippen molar-refractivity contribution < 1.29 is 23.8 Å². The van der Waals surface area contributed by atoms with Gasteiger partial charge in [0.25, 0.3) is 0 Å². The van der Waals surface area contributed by atoms with Gasteiger partial charge in [-0.2, -0.15) is 0 Å². The number of benzene rings is 2. The summed E-state index contributed by atoms with van der Waals surface area (Å²) in [7, 11) is 1.56. The van der Waals surface area contributed by atoms with Crippen molar-refractivity contribution >= 4 is 29.3 Å². The molecule has 1 aliphatic carbocycles. The molecule has 172 valence electrons. The number of hydrogen-bond donors (Lipinski definition) is 3. The number of carbonyl (C=O) groups excluding carboxylic acids is 1. The first-order chi connectivity index (χ1) is 16.0. The van der Waals surface area contributed by atoms with Crippen LogP contribution in [0.1, 0.15) is 54.3 Å². The van der Waals surface area contributed by atoms with E-state index in [1.54, 1.807) is 19.2 Å². The molecule has 1 amide bonds. The summed E-state index contributed by atoms with van der Waals surface area (Å²) in [5, 5.41) is 22.3. The van der Waals surface area contributed by atoms with Crippen molar-refractivity contribution in [1.82, 2.24) is 10.2 Å². The zero-order chi connectivity index (χ0) is 23.2. The van der Waals surface area contributed by atoms with Crippen LogP contribution in [0, 0.1) is 5.92 Å². The molecule has 1 fully saturated rings. The SMILES string of the molecule is COc1ccccc1Nc1nnc(C(=O)Nc2ccc([C@H]3CC[C@H](CC(=O)O)CC3)cc2)o1. The number of carboxylic acids is 1. The molecule has 0 unspecified atom stereocenters. The zero-order valence-corrected chi connectivity index (χ0v) is 18.3. The number of anilines is 3. The van der Waals surface area contributed by atoms with E-state index < -0.39 is 11.9 Å². The Kier molecular flexibility index (Phi) is 6.87. The summed E-state index contributed by atoms with van der Waals surface area (Å²) in [4.78, 5) is 23.4. The van der Waals surface area contributed by atoms with E-state index in [2.05, 4.69) is 20.8 Å². The van der Waals surface area contributed by atoms with Crippen LogP contribution < -0.4 is 15.4 Å². The molecule has 3 N–H and O–H groups in total. The van der Waals surface area contributed by atoms with Crippen molar-refractivity contribution in [3.05, 3.63) is 60.0 Å². The normalized spacial score (nSPS) is 17.8. The molecule has 0 bridgehead atoms. The van der Waals surface area contributed by atoms with Crippen LogP contribution in [0.5, 0.6) is 5.75 Å². The first-order valence-electron chi connectivity index (χ1n) is 10.9. The van der Waals surface area contributed by atoms with E-state index in [0.29, 0.717) is 23.0 Å². The monoisotopic (exact) mass is 450 g/mol. The number of methoxy groups -OCH3 is 1. The minimum absolute atomic E-state index is 0.0819. The predicted octanol–water partition coefficient (Wildman–Crippen LogP) is 4.82. The third kappa shape index (κ3) is 5.68. The van der Waals surface area contributed by atoms with Crippen molar-refractivity contribution in [2.24, 2.45) is 5.92 Å². The molecule has 0 radical (unpaired) electrons. The molecule has 9 nitrogen and oxygen atoms in total. The highest BCUT2D eigenvalue weighted by molar-refractivity contribution is 6.00. The minimum Gasteiger partial charge on any atom is -0.495 e. The zero-order valence-electron chi connectivity index (χ0n) is 18.3. The molecule has 1 aliphatic rings. The lowest BCUT2D eigenvalue weighted by atomic mass is 9.77. The number of para-hydroxylation sites is 2. The van der Waals surface area contributed by atoms with Crippen LogP contribution in [0.15, 0.2) is 52.9 Å². The maximum Gasteiger partial charge on any atom is 0.320 e. The molecule has 0 spiro atoms. The van der Waals surface area contributed by atoms with Crippen molar-refractivity contribution in [3.8, 4) is 5.75 Å². The summed E-state index contributed by atoms with van der Waals surface area (Å²) in [6, 6.07) is 15.0. The molecule has 0 atom stereocenters. The van der Waals surface area contributed by atoms with Gasteiger partial charge < -0.3 is 24.9 Å². The molecule has 1 saturated carbocycles. The van der Waals surface area contributed by atoms with Crippen molar-refractivity contribution in [3.63, 3.8) is 0 Å². The second-order valence-electron chi connectivity index (χ2n) is 8.13. The minimum atomic E-state index is -0.720. The number of nitrogens with zero attached hydrogens (tertiary/aromatic N) is 2. The van der Waals surface area contributed by atoms with Gasteiger partial charge in [-0.25, -0.2) is 0 Å². The highest BCUT2D eigenvalue weighted by Gasteiger charge is 2.24. The van der Waals surface area contributed by atoms with E-state index in [-0.39, 0.29) is 24.2 Å². The highest BCUT2D eigenvalue weighted by Crippen LogP contribution is 2.37. The van der Waals surface area contributed by atoms with Gasteiger partial charge >= 0.3 is 23.8 Å². The Hall–Kier alpha value is -3.88. The molecular weight excluding hydrogens is 424 g/mol. The van der Waals surface area contributed by atoms with Crippen LogP contribution in [0.2, 0.25) is 0 Å². The lowest BCUT2D eigenvalue weighted by Gasteiger charge is -2.28. The summed E-state index contributed by atoms with van der Waals surface area (Å²) in [5.74, 6) is -0.0844. The summed E-state index contributed by atoms with van der Waals surface area (Å²) in [5.41, 5.74) is 2.46. The molecular formula is C24H26N4O5. The van der Waals surface area contributed by atoms with Gasteiger partial charge in [0.1, 0.15) is 5.75 Å². The lowest BCUT2D eigenvalue weighted by molar-refractivity contribution is -0.138. The van der Waals surface area contributed by atoms with Gasteiger partial charge in [-0.15, -0.1) is 5.10 Å². The maximum atomic E-state index is 12.5. The van der Waals surface area contributed by atoms with Crippen LogP contribution in [0.25, 0.3) is 0 Å². The number of rotatable bonds is 8. The smallest absolute Gasteiger partial charge is 0.320 e. The van der Waals surface area contributed by atoms with Crippen LogP contribution in [-0.2, 0) is 4.79 Å². The number of amides is 1. The fourth-order valence-corrected chi connectivity index (χ4v) is 4.20. The van der Waals surface area contributed by atoms with E-state index >= 15 is 0 Å². The number of aromatic nitrogens is 2. The third-order valence-electron chi connectivity index (χ3n) is 5.92. The quantitative estimate of drug-likeness (QED) is 0.446. The molecule has 4 rings (SSSR count). The summed E-state index contributed by atoms with van der Waals surface area (Å²) >= 11 is 0. The lowest BCUT2D eigenvalue weighted by Crippen LogP contribution is -2.16. The fraction of sp³-hybridized carbons (Fsp3) is 0.333. The first-order valence-corrected chi connectivity index (χ1v) is 10.9. The Labute approximate surface area is 191 Å². The largest absolute Gasteiger partial charge is 0.495 e. The van der Waals surface area contributed by atoms with E-state index in [9.17, 15) is 9.59 Å². The molecule has 0 saturated heterocycles. The molecule has 1 heterocycles. The Morgan fingerprint density at radius 1 is 1.06 bits per heavy atom. The van der Waals surface area contributed by atoms with E-state index in [1.807, 2.05) is 36.4 Å². The molecule has 1 aromatic heterocycles. The Bertz CT molecular complexity index is 1100. The average Bonchev–Trinajstić information content (AvgIpc) is 3.29. The van der Waals surface area contributed by atoms with E-state index in [1.165, 1.54) is 5.56 Å². The van der Waals surface area contributed by atoms with Crippen molar-refractivity contribution in [2.75, 3.05) is 17.7 Å².